The summed E-state index contributed by atoms with van der Waals surface area (Å²) in [5, 5.41) is 2.68. The molecular weight excluding hydrogens is 340 g/mol. The lowest BCUT2D eigenvalue weighted by Crippen LogP contribution is -2.42. The standard InChI is InChI=1S/C18H22N2O4S/c1-13-10-14(2)12-20(11-13)25(22,23)16-7-5-15(6-8-16)19-18(21)17-4-3-9-24-17/h3-9,13-14H,10-12H2,1-2H3,(H,19,21)/t13-,14-/m0/s1. The monoisotopic (exact) mass is 362 g/mol. The van der Waals surface area contributed by atoms with Crippen LogP contribution < -0.4 is 5.32 Å². The van der Waals surface area contributed by atoms with Gasteiger partial charge in [-0.05, 0) is 54.7 Å². The molecule has 0 unspecified atom stereocenters. The Bertz CT molecular complexity index is 818. The van der Waals surface area contributed by atoms with Crippen LogP contribution in [0.25, 0.3) is 0 Å². The van der Waals surface area contributed by atoms with Crippen molar-refractivity contribution >= 4 is 21.6 Å². The summed E-state index contributed by atoms with van der Waals surface area (Å²) in [6, 6.07) is 9.42. The molecule has 2 atom stereocenters. The molecule has 134 valence electrons. The first-order valence-electron chi connectivity index (χ1n) is 8.31. The minimum Gasteiger partial charge on any atom is -0.459 e. The van der Waals surface area contributed by atoms with Crippen molar-refractivity contribution in [1.82, 2.24) is 4.31 Å². The van der Waals surface area contributed by atoms with Crippen LogP contribution >= 0.6 is 0 Å². The van der Waals surface area contributed by atoms with E-state index in [-0.39, 0.29) is 16.6 Å². The van der Waals surface area contributed by atoms with Gasteiger partial charge in [0.2, 0.25) is 10.0 Å². The van der Waals surface area contributed by atoms with Gasteiger partial charge >= 0.3 is 0 Å². The van der Waals surface area contributed by atoms with Gasteiger partial charge in [-0.2, -0.15) is 4.31 Å². The third-order valence-electron chi connectivity index (χ3n) is 4.33. The molecule has 25 heavy (non-hydrogen) atoms. The number of nitrogens with zero attached hydrogens (tertiary/aromatic N) is 1. The Morgan fingerprint density at radius 3 is 2.32 bits per heavy atom. The maximum absolute atomic E-state index is 12.8. The topological polar surface area (TPSA) is 79.6 Å². The molecule has 0 bridgehead atoms. The van der Waals surface area contributed by atoms with Gasteiger partial charge in [-0.25, -0.2) is 8.42 Å². The normalized spacial score (nSPS) is 21.8. The van der Waals surface area contributed by atoms with Gasteiger partial charge in [0.05, 0.1) is 11.2 Å². The van der Waals surface area contributed by atoms with E-state index < -0.39 is 10.0 Å². The quantitative estimate of drug-likeness (QED) is 0.906. The zero-order chi connectivity index (χ0) is 18.0. The Hall–Kier alpha value is -2.12. The van der Waals surface area contributed by atoms with Gasteiger partial charge in [-0.1, -0.05) is 13.8 Å². The van der Waals surface area contributed by atoms with Gasteiger partial charge < -0.3 is 9.73 Å². The minimum atomic E-state index is -3.51. The Kier molecular flexibility index (Phi) is 4.96. The summed E-state index contributed by atoms with van der Waals surface area (Å²) >= 11 is 0. The van der Waals surface area contributed by atoms with Crippen molar-refractivity contribution < 1.29 is 17.6 Å². The molecule has 0 aliphatic carbocycles. The van der Waals surface area contributed by atoms with Crippen molar-refractivity contribution in [3.8, 4) is 0 Å². The van der Waals surface area contributed by atoms with Crippen molar-refractivity contribution in [2.24, 2.45) is 11.8 Å². The SMILES string of the molecule is C[C@H]1C[C@H](C)CN(S(=O)(=O)c2ccc(NC(=O)c3ccco3)cc2)C1. The van der Waals surface area contributed by atoms with E-state index in [0.717, 1.165) is 6.42 Å². The Labute approximate surface area is 147 Å². The van der Waals surface area contributed by atoms with Crippen LogP contribution in [-0.2, 0) is 10.0 Å². The van der Waals surface area contributed by atoms with E-state index in [0.29, 0.717) is 30.6 Å². The van der Waals surface area contributed by atoms with Crippen molar-refractivity contribution in [3.05, 3.63) is 48.4 Å². The van der Waals surface area contributed by atoms with Gasteiger partial charge in [0, 0.05) is 18.8 Å². The maximum Gasteiger partial charge on any atom is 0.291 e. The number of sulfonamides is 1. The van der Waals surface area contributed by atoms with Gasteiger partial charge in [0.25, 0.3) is 5.91 Å². The highest BCUT2D eigenvalue weighted by molar-refractivity contribution is 7.89. The number of carbonyl (C=O) groups excluding carboxylic acids is 1. The molecule has 6 nitrogen and oxygen atoms in total. The molecule has 0 saturated carbocycles. The zero-order valence-corrected chi connectivity index (χ0v) is 15.1. The predicted octanol–water partition coefficient (Wildman–Crippen LogP) is 3.20. The molecule has 2 heterocycles. The second kappa shape index (κ2) is 7.01. The first kappa shape index (κ1) is 17.7. The molecule has 2 aromatic rings. The average Bonchev–Trinajstić information content (AvgIpc) is 3.09. The molecule has 1 N–H and O–H groups in total. The van der Waals surface area contributed by atoms with E-state index in [4.69, 9.17) is 4.42 Å². The highest BCUT2D eigenvalue weighted by Crippen LogP contribution is 2.27. The largest absolute Gasteiger partial charge is 0.459 e. The van der Waals surface area contributed by atoms with Crippen LogP contribution in [0.5, 0.6) is 0 Å². The van der Waals surface area contributed by atoms with Crippen LogP contribution in [0.15, 0.2) is 52.0 Å². The van der Waals surface area contributed by atoms with Crippen molar-refractivity contribution in [2.75, 3.05) is 18.4 Å². The van der Waals surface area contributed by atoms with E-state index in [2.05, 4.69) is 19.2 Å². The lowest BCUT2D eigenvalue weighted by Gasteiger charge is -2.34. The van der Waals surface area contributed by atoms with E-state index >= 15 is 0 Å². The molecule has 0 radical (unpaired) electrons. The minimum absolute atomic E-state index is 0.202. The number of carbonyl (C=O) groups is 1. The summed E-state index contributed by atoms with van der Waals surface area (Å²) in [6.45, 7) is 5.24. The first-order chi connectivity index (χ1) is 11.9. The second-order valence-electron chi connectivity index (χ2n) is 6.72. The fraction of sp³-hybridized carbons (Fsp3) is 0.389. The Morgan fingerprint density at radius 2 is 1.76 bits per heavy atom. The summed E-state index contributed by atoms with van der Waals surface area (Å²) in [6.07, 6.45) is 2.47. The molecule has 1 saturated heterocycles. The average molecular weight is 362 g/mol. The Balaban J connectivity index is 1.74. The smallest absolute Gasteiger partial charge is 0.291 e. The van der Waals surface area contributed by atoms with Crippen LogP contribution in [0.3, 0.4) is 0 Å². The van der Waals surface area contributed by atoms with E-state index in [1.165, 1.54) is 18.4 Å². The van der Waals surface area contributed by atoms with E-state index in [1.54, 1.807) is 28.6 Å². The summed E-state index contributed by atoms with van der Waals surface area (Å²) in [7, 11) is -3.51. The number of nitrogens with one attached hydrogen (secondary N) is 1. The Morgan fingerprint density at radius 1 is 1.12 bits per heavy atom. The molecule has 0 spiro atoms. The fourth-order valence-electron chi connectivity index (χ4n) is 3.26. The van der Waals surface area contributed by atoms with E-state index in [1.807, 2.05) is 0 Å². The summed E-state index contributed by atoms with van der Waals surface area (Å²) in [5.41, 5.74) is 0.515. The number of piperidine rings is 1. The fourth-order valence-corrected chi connectivity index (χ4v) is 4.94. The lowest BCUT2D eigenvalue weighted by atomic mass is 9.94. The number of rotatable bonds is 4. The lowest BCUT2D eigenvalue weighted by molar-refractivity contribution is 0.0996. The predicted molar refractivity (Wildman–Crippen MR) is 94.8 cm³/mol. The van der Waals surface area contributed by atoms with Gasteiger partial charge in [0.1, 0.15) is 0 Å². The summed E-state index contributed by atoms with van der Waals surface area (Å²) in [4.78, 5) is 12.2. The van der Waals surface area contributed by atoms with Gasteiger partial charge in [-0.3, -0.25) is 4.79 Å². The third-order valence-corrected chi connectivity index (χ3v) is 6.18. The molecule has 7 heteroatoms. The molecule has 1 amide bonds. The summed E-state index contributed by atoms with van der Waals surface area (Å²) < 4.78 is 32.2. The highest BCUT2D eigenvalue weighted by Gasteiger charge is 2.31. The van der Waals surface area contributed by atoms with Crippen LogP contribution in [0.4, 0.5) is 5.69 Å². The van der Waals surface area contributed by atoms with Crippen molar-refractivity contribution in [2.45, 2.75) is 25.2 Å². The van der Waals surface area contributed by atoms with Gasteiger partial charge in [-0.15, -0.1) is 0 Å². The van der Waals surface area contributed by atoms with E-state index in [9.17, 15) is 13.2 Å². The van der Waals surface area contributed by atoms with Crippen LogP contribution in [0.1, 0.15) is 30.8 Å². The number of amides is 1. The molecular formula is C18H22N2O4S. The molecule has 1 aromatic heterocycles. The zero-order valence-electron chi connectivity index (χ0n) is 14.3. The number of benzene rings is 1. The van der Waals surface area contributed by atoms with Crippen LogP contribution in [0, 0.1) is 11.8 Å². The molecule has 1 fully saturated rings. The summed E-state index contributed by atoms with van der Waals surface area (Å²) in [5.74, 6) is 0.531. The number of hydrogen-bond acceptors (Lipinski definition) is 4. The van der Waals surface area contributed by atoms with Gasteiger partial charge in [0.15, 0.2) is 5.76 Å². The van der Waals surface area contributed by atoms with Crippen molar-refractivity contribution in [1.29, 1.82) is 0 Å². The van der Waals surface area contributed by atoms with Crippen molar-refractivity contribution in [3.63, 3.8) is 0 Å². The molecule has 1 aliphatic heterocycles. The molecule has 1 aromatic carbocycles. The number of hydrogen-bond donors (Lipinski definition) is 1. The van der Waals surface area contributed by atoms with Crippen LogP contribution in [-0.4, -0.2) is 31.7 Å². The number of furan rings is 1. The number of anilines is 1. The maximum atomic E-state index is 12.8. The third kappa shape index (κ3) is 3.93. The molecule has 3 rings (SSSR count). The second-order valence-corrected chi connectivity index (χ2v) is 8.66. The van der Waals surface area contributed by atoms with Crippen LogP contribution in [0.2, 0.25) is 0 Å². The first-order valence-corrected chi connectivity index (χ1v) is 9.75. The molecule has 1 aliphatic rings. The highest BCUT2D eigenvalue weighted by atomic mass is 32.2.